The van der Waals surface area contributed by atoms with E-state index in [4.69, 9.17) is 4.74 Å². The van der Waals surface area contributed by atoms with E-state index in [-0.39, 0.29) is 30.4 Å². The lowest BCUT2D eigenvalue weighted by Gasteiger charge is -2.18. The van der Waals surface area contributed by atoms with E-state index in [0.717, 1.165) is 0 Å². The zero-order valence-corrected chi connectivity index (χ0v) is 16.8. The first-order valence-electron chi connectivity index (χ1n) is 9.10. The lowest BCUT2D eigenvalue weighted by Crippen LogP contribution is -2.23. The van der Waals surface area contributed by atoms with Crippen LogP contribution in [0.3, 0.4) is 0 Å². The molecule has 2 N–H and O–H groups in total. The van der Waals surface area contributed by atoms with Crippen LogP contribution in [0, 0.1) is 11.8 Å². The molecule has 0 unspecified atom stereocenters. The molecular weight excluding hydrogens is 352 g/mol. The molecule has 0 aliphatic heterocycles. The summed E-state index contributed by atoms with van der Waals surface area (Å²) in [6.07, 6.45) is 0. The van der Waals surface area contributed by atoms with Crippen LogP contribution in [0.2, 0.25) is 0 Å². The van der Waals surface area contributed by atoms with Gasteiger partial charge in [-0.3, -0.25) is 9.59 Å². The normalized spacial score (nSPS) is 10.4. The minimum atomic E-state index is -0.154. The molecule has 0 saturated carbocycles. The van der Waals surface area contributed by atoms with E-state index < -0.39 is 0 Å². The molecule has 0 heterocycles. The number of hydrogen-bond acceptors (Lipinski definition) is 3. The van der Waals surface area contributed by atoms with Crippen molar-refractivity contribution in [3.63, 3.8) is 0 Å². The first kappa shape index (κ1) is 21.0. The Kier molecular flexibility index (Phi) is 7.22. The van der Waals surface area contributed by atoms with Crippen molar-refractivity contribution in [3.05, 3.63) is 59.7 Å². The van der Waals surface area contributed by atoms with Gasteiger partial charge in [0, 0.05) is 24.2 Å². The molecular formula is C23H26N2O3. The highest BCUT2D eigenvalue weighted by atomic mass is 16.5. The van der Waals surface area contributed by atoms with Crippen molar-refractivity contribution in [1.29, 1.82) is 0 Å². The molecule has 0 radical (unpaired) electrons. The molecule has 0 saturated heterocycles. The monoisotopic (exact) mass is 378 g/mol. The number of hydrogen-bond donors (Lipinski definition) is 2. The summed E-state index contributed by atoms with van der Waals surface area (Å²) < 4.78 is 5.53. The average Bonchev–Trinajstić information content (AvgIpc) is 2.63. The molecule has 146 valence electrons. The third-order valence-electron chi connectivity index (χ3n) is 3.94. The third-order valence-corrected chi connectivity index (χ3v) is 3.94. The van der Waals surface area contributed by atoms with Gasteiger partial charge in [0.1, 0.15) is 12.4 Å². The second-order valence-electron chi connectivity index (χ2n) is 7.36. The predicted octanol–water partition coefficient (Wildman–Crippen LogP) is 3.75. The van der Waals surface area contributed by atoms with Crippen LogP contribution in [0.15, 0.2) is 48.5 Å². The molecule has 0 aliphatic carbocycles. The quantitative estimate of drug-likeness (QED) is 0.779. The Balaban J connectivity index is 1.77. The van der Waals surface area contributed by atoms with Gasteiger partial charge in [-0.1, -0.05) is 50.8 Å². The molecule has 2 amide bonds. The van der Waals surface area contributed by atoms with Crippen LogP contribution in [-0.4, -0.2) is 25.0 Å². The molecule has 5 heteroatoms. The summed E-state index contributed by atoms with van der Waals surface area (Å²) in [5.74, 6) is 6.04. The summed E-state index contributed by atoms with van der Waals surface area (Å²) in [6, 6.07) is 14.7. The zero-order chi connectivity index (χ0) is 20.6. The minimum Gasteiger partial charge on any atom is -0.481 e. The van der Waals surface area contributed by atoms with Gasteiger partial charge < -0.3 is 15.4 Å². The molecule has 2 aromatic rings. The summed E-state index contributed by atoms with van der Waals surface area (Å²) in [7, 11) is 0. The second kappa shape index (κ2) is 9.61. The number of benzene rings is 2. The standard InChI is InChI=1S/C23H26N2O3/c1-17(26)25-20-8-7-9-21(16-20)28-15-6-5-14-24-22(27)18-10-12-19(13-11-18)23(2,3)4/h7-13,16H,14-15H2,1-4H3,(H,24,27)(H,25,26). The summed E-state index contributed by atoms with van der Waals surface area (Å²) >= 11 is 0. The smallest absolute Gasteiger partial charge is 0.252 e. The number of nitrogens with one attached hydrogen (secondary N) is 2. The first-order chi connectivity index (χ1) is 13.3. The molecule has 28 heavy (non-hydrogen) atoms. The Labute approximate surface area is 166 Å². The Morgan fingerprint density at radius 2 is 1.75 bits per heavy atom. The zero-order valence-electron chi connectivity index (χ0n) is 16.8. The van der Waals surface area contributed by atoms with Gasteiger partial charge in [-0.05, 0) is 35.2 Å². The van der Waals surface area contributed by atoms with Gasteiger partial charge in [0.25, 0.3) is 5.91 Å². The third kappa shape index (κ3) is 6.81. The minimum absolute atomic E-state index is 0.0577. The van der Waals surface area contributed by atoms with E-state index in [1.165, 1.54) is 12.5 Å². The van der Waals surface area contributed by atoms with E-state index in [9.17, 15) is 9.59 Å². The maximum atomic E-state index is 12.1. The lowest BCUT2D eigenvalue weighted by molar-refractivity contribution is -0.114. The molecule has 5 nitrogen and oxygen atoms in total. The van der Waals surface area contributed by atoms with Crippen molar-refractivity contribution in [1.82, 2.24) is 5.32 Å². The van der Waals surface area contributed by atoms with Crippen LogP contribution in [0.4, 0.5) is 5.69 Å². The van der Waals surface area contributed by atoms with E-state index in [1.807, 2.05) is 24.3 Å². The topological polar surface area (TPSA) is 67.4 Å². The number of ether oxygens (including phenoxy) is 1. The SMILES string of the molecule is CC(=O)Nc1cccc(OCC#CCNC(=O)c2ccc(C(C)(C)C)cc2)c1. The molecule has 2 rings (SSSR count). The van der Waals surface area contributed by atoms with Crippen LogP contribution < -0.4 is 15.4 Å². The summed E-state index contributed by atoms with van der Waals surface area (Å²) in [6.45, 7) is 8.29. The summed E-state index contributed by atoms with van der Waals surface area (Å²) in [4.78, 5) is 23.2. The van der Waals surface area contributed by atoms with Crippen LogP contribution >= 0.6 is 0 Å². The van der Waals surface area contributed by atoms with E-state index in [0.29, 0.717) is 17.0 Å². The van der Waals surface area contributed by atoms with Gasteiger partial charge in [0.15, 0.2) is 0 Å². The number of rotatable bonds is 5. The van der Waals surface area contributed by atoms with Gasteiger partial charge in [0.05, 0.1) is 6.54 Å². The number of amides is 2. The Morgan fingerprint density at radius 3 is 2.39 bits per heavy atom. The van der Waals surface area contributed by atoms with Gasteiger partial charge in [-0.2, -0.15) is 0 Å². The van der Waals surface area contributed by atoms with Crippen LogP contribution in [-0.2, 0) is 10.2 Å². The molecule has 0 aliphatic rings. The first-order valence-corrected chi connectivity index (χ1v) is 9.10. The Hall–Kier alpha value is -3.26. The molecule has 0 bridgehead atoms. The summed E-state index contributed by atoms with van der Waals surface area (Å²) in [5, 5.41) is 5.46. The van der Waals surface area contributed by atoms with E-state index in [1.54, 1.807) is 24.3 Å². The Morgan fingerprint density at radius 1 is 1.04 bits per heavy atom. The van der Waals surface area contributed by atoms with Crippen LogP contribution in [0.5, 0.6) is 5.75 Å². The van der Waals surface area contributed by atoms with Crippen LogP contribution in [0.1, 0.15) is 43.6 Å². The van der Waals surface area contributed by atoms with Crippen molar-refractivity contribution in [2.45, 2.75) is 33.1 Å². The fraction of sp³-hybridized carbons (Fsp3) is 0.304. The predicted molar refractivity (Wildman–Crippen MR) is 111 cm³/mol. The second-order valence-corrected chi connectivity index (χ2v) is 7.36. The van der Waals surface area contributed by atoms with Crippen molar-refractivity contribution in [2.75, 3.05) is 18.5 Å². The van der Waals surface area contributed by atoms with Gasteiger partial charge in [-0.25, -0.2) is 0 Å². The fourth-order valence-electron chi connectivity index (χ4n) is 2.45. The lowest BCUT2D eigenvalue weighted by atomic mass is 9.87. The van der Waals surface area contributed by atoms with Crippen LogP contribution in [0.25, 0.3) is 0 Å². The van der Waals surface area contributed by atoms with Crippen molar-refractivity contribution < 1.29 is 14.3 Å². The summed E-state index contributed by atoms with van der Waals surface area (Å²) in [5.41, 5.74) is 2.52. The number of carbonyl (C=O) groups excluding carboxylic acids is 2. The average molecular weight is 378 g/mol. The van der Waals surface area contributed by atoms with E-state index in [2.05, 4.69) is 43.2 Å². The fourth-order valence-corrected chi connectivity index (χ4v) is 2.45. The van der Waals surface area contributed by atoms with Gasteiger partial charge in [0.2, 0.25) is 5.91 Å². The highest BCUT2D eigenvalue weighted by Crippen LogP contribution is 2.22. The maximum Gasteiger partial charge on any atom is 0.252 e. The van der Waals surface area contributed by atoms with Gasteiger partial charge in [-0.15, -0.1) is 0 Å². The molecule has 0 fully saturated rings. The highest BCUT2D eigenvalue weighted by Gasteiger charge is 2.13. The largest absolute Gasteiger partial charge is 0.481 e. The molecule has 0 spiro atoms. The molecule has 2 aromatic carbocycles. The number of carbonyl (C=O) groups is 2. The van der Waals surface area contributed by atoms with Gasteiger partial charge >= 0.3 is 0 Å². The molecule has 0 aromatic heterocycles. The maximum absolute atomic E-state index is 12.1. The van der Waals surface area contributed by atoms with Crippen molar-refractivity contribution in [2.24, 2.45) is 0 Å². The highest BCUT2D eigenvalue weighted by molar-refractivity contribution is 5.94. The van der Waals surface area contributed by atoms with Crippen molar-refractivity contribution >= 4 is 17.5 Å². The molecule has 0 atom stereocenters. The Bertz CT molecular complexity index is 885. The van der Waals surface area contributed by atoms with Crippen molar-refractivity contribution in [3.8, 4) is 17.6 Å². The number of anilines is 1. The van der Waals surface area contributed by atoms with E-state index >= 15 is 0 Å².